The molecule has 23 heavy (non-hydrogen) atoms. The van der Waals surface area contributed by atoms with E-state index in [2.05, 4.69) is 16.9 Å². The molecular formula is C16H22N2O4S. The number of rotatable bonds is 6. The number of piperidine rings is 1. The molecule has 2 aliphatic rings. The minimum absolute atomic E-state index is 0.0106. The smallest absolute Gasteiger partial charge is 0.310 e. The zero-order valence-corrected chi connectivity index (χ0v) is 13.8. The average molecular weight is 338 g/mol. The Bertz CT molecular complexity index is 663. The van der Waals surface area contributed by atoms with Crippen molar-refractivity contribution in [2.45, 2.75) is 31.6 Å². The van der Waals surface area contributed by atoms with Gasteiger partial charge in [0.25, 0.3) is 10.2 Å². The first-order valence-electron chi connectivity index (χ1n) is 7.96. The van der Waals surface area contributed by atoms with Gasteiger partial charge in [-0.2, -0.15) is 12.7 Å². The Morgan fingerprint density at radius 1 is 1.22 bits per heavy atom. The zero-order chi connectivity index (χ0) is 16.5. The van der Waals surface area contributed by atoms with Gasteiger partial charge in [-0.1, -0.05) is 30.3 Å². The summed E-state index contributed by atoms with van der Waals surface area (Å²) in [5, 5.41) is 9.12. The fourth-order valence-electron chi connectivity index (χ4n) is 3.09. The monoisotopic (exact) mass is 338 g/mol. The SMILES string of the molecule is O=C(O)C1(CNS(=O)(=O)N2CCC(c3ccccc3)CC2)CC1. The molecule has 126 valence electrons. The lowest BCUT2D eigenvalue weighted by atomic mass is 9.90. The molecule has 0 amide bonds. The number of hydrogen-bond acceptors (Lipinski definition) is 3. The fourth-order valence-corrected chi connectivity index (χ4v) is 4.43. The highest BCUT2D eigenvalue weighted by molar-refractivity contribution is 7.87. The molecule has 1 aromatic rings. The zero-order valence-electron chi connectivity index (χ0n) is 12.9. The van der Waals surface area contributed by atoms with Gasteiger partial charge in [-0.25, -0.2) is 4.72 Å². The maximum Gasteiger partial charge on any atom is 0.310 e. The predicted molar refractivity (Wildman–Crippen MR) is 86.2 cm³/mol. The van der Waals surface area contributed by atoms with Crippen LogP contribution in [0.4, 0.5) is 0 Å². The first-order valence-corrected chi connectivity index (χ1v) is 9.40. The molecule has 2 N–H and O–H groups in total. The molecule has 1 heterocycles. The standard InChI is InChI=1S/C16H22N2O4S/c19-15(20)16(8-9-16)12-17-23(21,22)18-10-6-14(7-11-18)13-4-2-1-3-5-13/h1-5,14,17H,6-12H2,(H,19,20). The van der Waals surface area contributed by atoms with Crippen molar-refractivity contribution in [3.8, 4) is 0 Å². The molecule has 1 aromatic carbocycles. The number of carboxylic acids is 1. The van der Waals surface area contributed by atoms with Crippen molar-refractivity contribution >= 4 is 16.2 Å². The third-order valence-corrected chi connectivity index (χ3v) is 6.52. The van der Waals surface area contributed by atoms with Crippen LogP contribution in [0.5, 0.6) is 0 Å². The third-order valence-electron chi connectivity index (χ3n) is 4.97. The summed E-state index contributed by atoms with van der Waals surface area (Å²) in [6, 6.07) is 10.1. The van der Waals surface area contributed by atoms with Gasteiger partial charge in [0.1, 0.15) is 0 Å². The summed E-state index contributed by atoms with van der Waals surface area (Å²) >= 11 is 0. The summed E-state index contributed by atoms with van der Waals surface area (Å²) in [5.41, 5.74) is 0.371. The van der Waals surface area contributed by atoms with Gasteiger partial charge < -0.3 is 5.11 Å². The Hall–Kier alpha value is -1.44. The van der Waals surface area contributed by atoms with Gasteiger partial charge in [0.05, 0.1) is 5.41 Å². The van der Waals surface area contributed by atoms with E-state index in [4.69, 9.17) is 5.11 Å². The molecule has 6 nitrogen and oxygen atoms in total. The van der Waals surface area contributed by atoms with Gasteiger partial charge in [0.2, 0.25) is 0 Å². The molecule has 7 heteroatoms. The first kappa shape index (κ1) is 16.4. The molecule has 0 bridgehead atoms. The van der Waals surface area contributed by atoms with Gasteiger partial charge in [-0.05, 0) is 37.2 Å². The number of nitrogens with zero attached hydrogens (tertiary/aromatic N) is 1. The molecule has 0 spiro atoms. The summed E-state index contributed by atoms with van der Waals surface area (Å²) in [5.74, 6) is -0.528. The molecule has 1 saturated heterocycles. The van der Waals surface area contributed by atoms with Crippen molar-refractivity contribution in [2.24, 2.45) is 5.41 Å². The summed E-state index contributed by atoms with van der Waals surface area (Å²) in [7, 11) is -3.60. The van der Waals surface area contributed by atoms with Gasteiger partial charge in [0.15, 0.2) is 0 Å². The highest BCUT2D eigenvalue weighted by Crippen LogP contribution is 2.45. The van der Waals surface area contributed by atoms with E-state index < -0.39 is 21.6 Å². The second kappa shape index (κ2) is 6.22. The number of benzene rings is 1. The minimum atomic E-state index is -3.60. The molecule has 3 rings (SSSR count). The maximum atomic E-state index is 12.3. The predicted octanol–water partition coefficient (Wildman–Crippen LogP) is 1.57. The molecule has 0 atom stereocenters. The highest BCUT2D eigenvalue weighted by Gasteiger charge is 2.50. The summed E-state index contributed by atoms with van der Waals surface area (Å²) in [4.78, 5) is 11.1. The Balaban J connectivity index is 1.55. The van der Waals surface area contributed by atoms with Crippen molar-refractivity contribution in [1.82, 2.24) is 9.03 Å². The lowest BCUT2D eigenvalue weighted by Gasteiger charge is -2.31. The number of hydrogen-bond donors (Lipinski definition) is 2. The van der Waals surface area contributed by atoms with E-state index in [9.17, 15) is 13.2 Å². The van der Waals surface area contributed by atoms with Crippen LogP contribution < -0.4 is 4.72 Å². The van der Waals surface area contributed by atoms with Crippen LogP contribution in [0, 0.1) is 5.41 Å². The first-order chi connectivity index (χ1) is 10.9. The van der Waals surface area contributed by atoms with Crippen LogP contribution in [-0.4, -0.2) is 43.4 Å². The Morgan fingerprint density at radius 3 is 2.35 bits per heavy atom. The highest BCUT2D eigenvalue weighted by atomic mass is 32.2. The number of nitrogens with one attached hydrogen (secondary N) is 1. The Kier molecular flexibility index (Phi) is 4.44. The summed E-state index contributed by atoms with van der Waals surface area (Å²) in [6.45, 7) is 0.924. The molecule has 1 aliphatic carbocycles. The van der Waals surface area contributed by atoms with Gasteiger partial charge in [-0.3, -0.25) is 4.79 Å². The van der Waals surface area contributed by atoms with Crippen LogP contribution in [0.1, 0.15) is 37.2 Å². The van der Waals surface area contributed by atoms with Crippen molar-refractivity contribution in [2.75, 3.05) is 19.6 Å². The molecule has 0 aromatic heterocycles. The second-order valence-electron chi connectivity index (χ2n) is 6.50. The van der Waals surface area contributed by atoms with Gasteiger partial charge in [0, 0.05) is 19.6 Å². The molecule has 0 radical (unpaired) electrons. The van der Waals surface area contributed by atoms with E-state index >= 15 is 0 Å². The van der Waals surface area contributed by atoms with Crippen LogP contribution >= 0.6 is 0 Å². The molecular weight excluding hydrogens is 316 g/mol. The van der Waals surface area contributed by atoms with Crippen LogP contribution in [0.2, 0.25) is 0 Å². The van der Waals surface area contributed by atoms with Crippen LogP contribution in [0.3, 0.4) is 0 Å². The van der Waals surface area contributed by atoms with Gasteiger partial charge >= 0.3 is 5.97 Å². The van der Waals surface area contributed by atoms with E-state index in [1.165, 1.54) is 9.87 Å². The van der Waals surface area contributed by atoms with E-state index in [0.717, 1.165) is 12.8 Å². The molecule has 2 fully saturated rings. The Labute approximate surface area is 136 Å². The molecule has 0 unspecified atom stereocenters. The van der Waals surface area contributed by atoms with Gasteiger partial charge in [-0.15, -0.1) is 0 Å². The van der Waals surface area contributed by atoms with Crippen LogP contribution in [0.25, 0.3) is 0 Å². The lowest BCUT2D eigenvalue weighted by Crippen LogP contribution is -2.46. The molecule has 1 saturated carbocycles. The third kappa shape index (κ3) is 3.57. The lowest BCUT2D eigenvalue weighted by molar-refractivity contribution is -0.143. The second-order valence-corrected chi connectivity index (χ2v) is 8.25. The number of carbonyl (C=O) groups is 1. The number of aliphatic carboxylic acids is 1. The van der Waals surface area contributed by atoms with E-state index in [1.54, 1.807) is 0 Å². The quantitative estimate of drug-likeness (QED) is 0.824. The van der Waals surface area contributed by atoms with Crippen LogP contribution in [-0.2, 0) is 15.0 Å². The maximum absolute atomic E-state index is 12.3. The van der Waals surface area contributed by atoms with Crippen molar-refractivity contribution < 1.29 is 18.3 Å². The fraction of sp³-hybridized carbons (Fsp3) is 0.562. The van der Waals surface area contributed by atoms with Crippen molar-refractivity contribution in [3.05, 3.63) is 35.9 Å². The van der Waals surface area contributed by atoms with E-state index in [1.807, 2.05) is 18.2 Å². The summed E-state index contributed by atoms with van der Waals surface area (Å²) < 4.78 is 28.6. The minimum Gasteiger partial charge on any atom is -0.481 e. The van der Waals surface area contributed by atoms with Crippen molar-refractivity contribution in [1.29, 1.82) is 0 Å². The van der Waals surface area contributed by atoms with E-state index in [-0.39, 0.29) is 6.54 Å². The normalized spacial score (nSPS) is 21.9. The van der Waals surface area contributed by atoms with Crippen LogP contribution in [0.15, 0.2) is 30.3 Å². The Morgan fingerprint density at radius 2 is 1.83 bits per heavy atom. The van der Waals surface area contributed by atoms with E-state index in [0.29, 0.717) is 31.8 Å². The topological polar surface area (TPSA) is 86.7 Å². The van der Waals surface area contributed by atoms with Crippen molar-refractivity contribution in [3.63, 3.8) is 0 Å². The largest absolute Gasteiger partial charge is 0.481 e. The molecule has 1 aliphatic heterocycles. The average Bonchev–Trinajstić information content (AvgIpc) is 3.36. The summed E-state index contributed by atoms with van der Waals surface area (Å²) in [6.07, 6.45) is 2.66. The number of carboxylic acid groups (broad SMARTS) is 1.